The van der Waals surface area contributed by atoms with Crippen molar-refractivity contribution in [1.82, 2.24) is 15.5 Å². The molecule has 3 rings (SSSR count). The molecular formula is C15H25ClN4OS. The number of nitrogens with one attached hydrogen (secondary N) is 2. The summed E-state index contributed by atoms with van der Waals surface area (Å²) in [6.07, 6.45) is 6.02. The predicted molar refractivity (Wildman–Crippen MR) is 91.8 cm³/mol. The third-order valence-corrected chi connectivity index (χ3v) is 5.74. The molecule has 1 saturated carbocycles. The van der Waals surface area contributed by atoms with Gasteiger partial charge in [-0.15, -0.1) is 22.6 Å². The number of amides is 1. The lowest BCUT2D eigenvalue weighted by atomic mass is 9.85. The second-order valence-corrected chi connectivity index (χ2v) is 8.24. The summed E-state index contributed by atoms with van der Waals surface area (Å²) in [4.78, 5) is 12.4. The molecule has 1 amide bonds. The standard InChI is InChI=1S/C15H24N4OS.ClH/c1-15(2,3)13-18-19-14(21-13)17-12(20)11-8-9-6-4-5-7-10(9)16-11;/h9-11,16H,4-8H2,1-3H3,(H,17,19,20);1H. The van der Waals surface area contributed by atoms with Crippen LogP contribution in [0, 0.1) is 5.92 Å². The van der Waals surface area contributed by atoms with Crippen LogP contribution in [0.4, 0.5) is 5.13 Å². The first-order valence-electron chi connectivity index (χ1n) is 7.84. The summed E-state index contributed by atoms with van der Waals surface area (Å²) < 4.78 is 0. The Hall–Kier alpha value is -0.720. The normalized spacial score (nSPS) is 27.9. The zero-order valence-electron chi connectivity index (χ0n) is 13.4. The van der Waals surface area contributed by atoms with Crippen LogP contribution in [0.3, 0.4) is 0 Å². The summed E-state index contributed by atoms with van der Waals surface area (Å²) in [7, 11) is 0. The van der Waals surface area contributed by atoms with Gasteiger partial charge >= 0.3 is 0 Å². The van der Waals surface area contributed by atoms with Gasteiger partial charge in [0.1, 0.15) is 5.01 Å². The van der Waals surface area contributed by atoms with Gasteiger partial charge in [-0.25, -0.2) is 0 Å². The Morgan fingerprint density at radius 3 is 2.64 bits per heavy atom. The fourth-order valence-corrected chi connectivity index (χ4v) is 4.09. The van der Waals surface area contributed by atoms with Crippen LogP contribution >= 0.6 is 23.7 Å². The predicted octanol–water partition coefficient (Wildman–Crippen LogP) is 3.12. The number of aromatic nitrogens is 2. The van der Waals surface area contributed by atoms with E-state index in [1.54, 1.807) is 0 Å². The monoisotopic (exact) mass is 344 g/mol. The van der Waals surface area contributed by atoms with Gasteiger partial charge in [0.05, 0.1) is 6.04 Å². The first-order valence-corrected chi connectivity index (χ1v) is 8.66. The molecule has 22 heavy (non-hydrogen) atoms. The van der Waals surface area contributed by atoms with Crippen LogP contribution in [-0.2, 0) is 10.2 Å². The van der Waals surface area contributed by atoms with Crippen molar-refractivity contribution in [1.29, 1.82) is 0 Å². The molecule has 3 atom stereocenters. The van der Waals surface area contributed by atoms with Crippen LogP contribution in [0.25, 0.3) is 0 Å². The first kappa shape index (κ1) is 17.6. The molecule has 0 radical (unpaired) electrons. The number of fused-ring (bicyclic) bond motifs is 1. The quantitative estimate of drug-likeness (QED) is 0.865. The molecule has 2 heterocycles. The Morgan fingerprint density at radius 2 is 2.00 bits per heavy atom. The average molecular weight is 345 g/mol. The van der Waals surface area contributed by atoms with Gasteiger partial charge in [0.15, 0.2) is 0 Å². The van der Waals surface area contributed by atoms with Gasteiger partial charge in [-0.3, -0.25) is 10.1 Å². The lowest BCUT2D eigenvalue weighted by Crippen LogP contribution is -2.39. The van der Waals surface area contributed by atoms with E-state index in [-0.39, 0.29) is 29.8 Å². The van der Waals surface area contributed by atoms with Crippen LogP contribution < -0.4 is 10.6 Å². The maximum absolute atomic E-state index is 12.4. The molecule has 0 aromatic carbocycles. The van der Waals surface area contributed by atoms with E-state index >= 15 is 0 Å². The summed E-state index contributed by atoms with van der Waals surface area (Å²) in [5.41, 5.74) is -0.0266. The fraction of sp³-hybridized carbons (Fsp3) is 0.800. The molecule has 0 bridgehead atoms. The van der Waals surface area contributed by atoms with Crippen molar-refractivity contribution >= 4 is 34.8 Å². The van der Waals surface area contributed by atoms with E-state index in [4.69, 9.17) is 0 Å². The first-order chi connectivity index (χ1) is 9.93. The molecule has 1 aliphatic heterocycles. The van der Waals surface area contributed by atoms with Gasteiger partial charge < -0.3 is 5.32 Å². The van der Waals surface area contributed by atoms with Crippen molar-refractivity contribution in [2.24, 2.45) is 5.92 Å². The van der Waals surface area contributed by atoms with Gasteiger partial charge in [-0.2, -0.15) is 0 Å². The third-order valence-electron chi connectivity index (χ3n) is 4.48. The average Bonchev–Trinajstić information content (AvgIpc) is 3.03. The molecule has 2 N–H and O–H groups in total. The number of halogens is 1. The molecule has 0 spiro atoms. The largest absolute Gasteiger partial charge is 0.303 e. The Kier molecular flexibility index (Phi) is 5.45. The molecule has 1 aliphatic carbocycles. The van der Waals surface area contributed by atoms with Crippen LogP contribution in [0.5, 0.6) is 0 Å². The minimum atomic E-state index is -0.0694. The zero-order chi connectivity index (χ0) is 15.0. The van der Waals surface area contributed by atoms with E-state index in [1.807, 2.05) is 0 Å². The van der Waals surface area contributed by atoms with Gasteiger partial charge in [0, 0.05) is 11.5 Å². The number of hydrogen-bond acceptors (Lipinski definition) is 5. The van der Waals surface area contributed by atoms with Crippen LogP contribution in [0.1, 0.15) is 57.9 Å². The zero-order valence-corrected chi connectivity index (χ0v) is 15.0. The van der Waals surface area contributed by atoms with Crippen molar-refractivity contribution < 1.29 is 4.79 Å². The Labute approximate surface area is 142 Å². The van der Waals surface area contributed by atoms with Gasteiger partial charge in [-0.05, 0) is 25.2 Å². The number of carbonyl (C=O) groups is 1. The minimum absolute atomic E-state index is 0. The van der Waals surface area contributed by atoms with E-state index in [0.29, 0.717) is 17.1 Å². The lowest BCUT2D eigenvalue weighted by molar-refractivity contribution is -0.117. The summed E-state index contributed by atoms with van der Waals surface area (Å²) >= 11 is 1.47. The van der Waals surface area contributed by atoms with E-state index in [0.717, 1.165) is 11.4 Å². The summed E-state index contributed by atoms with van der Waals surface area (Å²) in [5.74, 6) is 0.718. The lowest BCUT2D eigenvalue weighted by Gasteiger charge is -2.24. The second-order valence-electron chi connectivity index (χ2n) is 7.26. The van der Waals surface area contributed by atoms with Crippen LogP contribution in [-0.4, -0.2) is 28.2 Å². The van der Waals surface area contributed by atoms with E-state index in [9.17, 15) is 4.79 Å². The highest BCUT2D eigenvalue weighted by atomic mass is 35.5. The fourth-order valence-electron chi connectivity index (χ4n) is 3.29. The van der Waals surface area contributed by atoms with Crippen molar-refractivity contribution in [3.8, 4) is 0 Å². The number of nitrogens with zero attached hydrogens (tertiary/aromatic N) is 2. The smallest absolute Gasteiger partial charge is 0.243 e. The Morgan fingerprint density at radius 1 is 1.27 bits per heavy atom. The van der Waals surface area contributed by atoms with Crippen LogP contribution in [0.2, 0.25) is 0 Å². The van der Waals surface area contributed by atoms with Crippen molar-refractivity contribution in [2.75, 3.05) is 5.32 Å². The topological polar surface area (TPSA) is 66.9 Å². The van der Waals surface area contributed by atoms with E-state index < -0.39 is 0 Å². The SMILES string of the molecule is CC(C)(C)c1nnc(NC(=O)C2CC3CCCCC3N2)s1.Cl. The summed E-state index contributed by atoms with van der Waals surface area (Å²) in [6, 6.07) is 0.467. The second kappa shape index (κ2) is 6.81. The molecule has 1 aromatic rings. The van der Waals surface area contributed by atoms with Gasteiger partial charge in [0.25, 0.3) is 0 Å². The van der Waals surface area contributed by atoms with Crippen molar-refractivity contribution in [3.63, 3.8) is 0 Å². The number of rotatable bonds is 2. The molecule has 124 valence electrons. The maximum atomic E-state index is 12.4. The molecule has 1 saturated heterocycles. The number of anilines is 1. The maximum Gasteiger partial charge on any atom is 0.243 e. The van der Waals surface area contributed by atoms with Gasteiger partial charge in [0.2, 0.25) is 11.0 Å². The molecule has 2 aliphatic rings. The van der Waals surface area contributed by atoms with E-state index in [2.05, 4.69) is 41.6 Å². The molecule has 2 fully saturated rings. The highest BCUT2D eigenvalue weighted by Crippen LogP contribution is 2.34. The Balaban J connectivity index is 0.00000176. The van der Waals surface area contributed by atoms with Gasteiger partial charge in [-0.1, -0.05) is 44.9 Å². The highest BCUT2D eigenvalue weighted by Gasteiger charge is 2.38. The van der Waals surface area contributed by atoms with Crippen LogP contribution in [0.15, 0.2) is 0 Å². The summed E-state index contributed by atoms with van der Waals surface area (Å²) in [5, 5.41) is 16.3. The Bertz CT molecular complexity index is 514. The summed E-state index contributed by atoms with van der Waals surface area (Å²) in [6.45, 7) is 6.30. The molecule has 1 aromatic heterocycles. The molecule has 5 nitrogen and oxygen atoms in total. The number of hydrogen-bond donors (Lipinski definition) is 2. The minimum Gasteiger partial charge on any atom is -0.303 e. The number of carbonyl (C=O) groups excluding carboxylic acids is 1. The molecule has 7 heteroatoms. The molecular weight excluding hydrogens is 320 g/mol. The third kappa shape index (κ3) is 3.78. The molecule has 3 unspecified atom stereocenters. The highest BCUT2D eigenvalue weighted by molar-refractivity contribution is 7.15. The van der Waals surface area contributed by atoms with E-state index in [1.165, 1.54) is 37.0 Å². The van der Waals surface area contributed by atoms with Crippen molar-refractivity contribution in [2.45, 2.75) is 70.4 Å². The van der Waals surface area contributed by atoms with Crippen molar-refractivity contribution in [3.05, 3.63) is 5.01 Å².